The Hall–Kier alpha value is -4.33. The van der Waals surface area contributed by atoms with Gasteiger partial charge in [-0.3, -0.25) is 14.9 Å². The van der Waals surface area contributed by atoms with Gasteiger partial charge in [0.2, 0.25) is 0 Å². The number of carbonyl (C=O) groups excluding carboxylic acids is 3. The van der Waals surface area contributed by atoms with Gasteiger partial charge in [-0.1, -0.05) is 42.5 Å². The standard InChI is InChI=1S/C26H20F2N2O4/c1-2-34-23-14-16(11-12-18(23)15-17-7-3-4-8-20(17)27)13-19-24(31)29-26(33)30(25(19)32)22-10-6-5-9-21(22)28/h3-14H,2,15H2,1H3,(H,29,31,33)/b19-13-. The van der Waals surface area contributed by atoms with Crippen LogP contribution in [0.4, 0.5) is 19.3 Å². The maximum absolute atomic E-state index is 14.2. The fraction of sp³-hybridized carbons (Fsp3) is 0.115. The molecule has 0 radical (unpaired) electrons. The number of amides is 4. The second-order valence-corrected chi connectivity index (χ2v) is 7.48. The monoisotopic (exact) mass is 462 g/mol. The lowest BCUT2D eigenvalue weighted by Crippen LogP contribution is -2.54. The number of halogens is 2. The molecule has 0 saturated carbocycles. The number of nitrogens with one attached hydrogen (secondary N) is 1. The van der Waals surface area contributed by atoms with Crippen LogP contribution in [0.25, 0.3) is 6.08 Å². The molecule has 1 heterocycles. The van der Waals surface area contributed by atoms with Gasteiger partial charge >= 0.3 is 6.03 Å². The number of nitrogens with zero attached hydrogens (tertiary/aromatic N) is 1. The number of urea groups is 1. The molecule has 0 unspecified atom stereocenters. The summed E-state index contributed by atoms with van der Waals surface area (Å²) in [5, 5.41) is 2.07. The van der Waals surface area contributed by atoms with Gasteiger partial charge in [0.15, 0.2) is 0 Å². The Morgan fingerprint density at radius 1 is 0.912 bits per heavy atom. The van der Waals surface area contributed by atoms with Gasteiger partial charge in [0.1, 0.15) is 23.0 Å². The molecule has 1 aliphatic rings. The predicted octanol–water partition coefficient (Wildman–Crippen LogP) is 4.62. The molecule has 3 aromatic carbocycles. The zero-order valence-corrected chi connectivity index (χ0v) is 18.2. The van der Waals surface area contributed by atoms with Crippen LogP contribution in [0, 0.1) is 11.6 Å². The van der Waals surface area contributed by atoms with Crippen LogP contribution >= 0.6 is 0 Å². The van der Waals surface area contributed by atoms with Crippen LogP contribution in [0.1, 0.15) is 23.6 Å². The van der Waals surface area contributed by atoms with E-state index >= 15 is 0 Å². The predicted molar refractivity (Wildman–Crippen MR) is 122 cm³/mol. The second-order valence-electron chi connectivity index (χ2n) is 7.48. The molecule has 3 aromatic rings. The number of para-hydroxylation sites is 1. The van der Waals surface area contributed by atoms with Crippen LogP contribution in [-0.4, -0.2) is 24.5 Å². The lowest BCUT2D eigenvalue weighted by Gasteiger charge is -2.26. The molecule has 1 fully saturated rings. The number of hydrogen-bond acceptors (Lipinski definition) is 4. The zero-order chi connectivity index (χ0) is 24.2. The molecule has 1 aliphatic heterocycles. The summed E-state index contributed by atoms with van der Waals surface area (Å²) in [6.45, 7) is 2.15. The van der Waals surface area contributed by atoms with Crippen molar-refractivity contribution in [2.75, 3.05) is 11.5 Å². The summed E-state index contributed by atoms with van der Waals surface area (Å²) in [5.41, 5.74) is 1.06. The highest BCUT2D eigenvalue weighted by atomic mass is 19.1. The molecule has 4 amide bonds. The number of benzene rings is 3. The van der Waals surface area contributed by atoms with E-state index in [1.807, 2.05) is 0 Å². The molecule has 1 N–H and O–H groups in total. The third-order valence-corrected chi connectivity index (χ3v) is 5.24. The summed E-state index contributed by atoms with van der Waals surface area (Å²) < 4.78 is 34.1. The Kier molecular flexibility index (Phi) is 6.49. The molecule has 172 valence electrons. The maximum Gasteiger partial charge on any atom is 0.336 e. The van der Waals surface area contributed by atoms with E-state index in [1.54, 1.807) is 43.3 Å². The first-order valence-electron chi connectivity index (χ1n) is 10.5. The Bertz CT molecular complexity index is 1320. The van der Waals surface area contributed by atoms with E-state index in [9.17, 15) is 23.2 Å². The summed E-state index contributed by atoms with van der Waals surface area (Å²) in [6, 6.07) is 15.6. The molecule has 8 heteroatoms. The van der Waals surface area contributed by atoms with Gasteiger partial charge in [-0.2, -0.15) is 0 Å². The fourth-order valence-electron chi connectivity index (χ4n) is 3.62. The van der Waals surface area contributed by atoms with Gasteiger partial charge in [0.05, 0.1) is 12.3 Å². The highest BCUT2D eigenvalue weighted by Gasteiger charge is 2.37. The number of rotatable bonds is 6. The highest BCUT2D eigenvalue weighted by molar-refractivity contribution is 6.39. The topological polar surface area (TPSA) is 75.7 Å². The first-order valence-corrected chi connectivity index (χ1v) is 10.5. The second kappa shape index (κ2) is 9.66. The number of hydrogen-bond donors (Lipinski definition) is 1. The Labute approximate surface area is 194 Å². The van der Waals surface area contributed by atoms with Crippen LogP contribution in [0.5, 0.6) is 5.75 Å². The van der Waals surface area contributed by atoms with E-state index in [2.05, 4.69) is 5.32 Å². The van der Waals surface area contributed by atoms with Gasteiger partial charge in [-0.15, -0.1) is 0 Å². The van der Waals surface area contributed by atoms with Gasteiger partial charge < -0.3 is 4.74 Å². The summed E-state index contributed by atoms with van der Waals surface area (Å²) in [7, 11) is 0. The third-order valence-electron chi connectivity index (χ3n) is 5.24. The molecule has 0 bridgehead atoms. The molecule has 0 aromatic heterocycles. The maximum atomic E-state index is 14.2. The lowest BCUT2D eigenvalue weighted by atomic mass is 10.00. The van der Waals surface area contributed by atoms with Crippen molar-refractivity contribution in [3.05, 3.63) is 101 Å². The van der Waals surface area contributed by atoms with Crippen LogP contribution in [0.15, 0.2) is 72.3 Å². The van der Waals surface area contributed by atoms with E-state index < -0.39 is 23.7 Å². The molecular weight excluding hydrogens is 442 g/mol. The molecule has 0 atom stereocenters. The highest BCUT2D eigenvalue weighted by Crippen LogP contribution is 2.28. The lowest BCUT2D eigenvalue weighted by molar-refractivity contribution is -0.122. The SMILES string of the molecule is CCOc1cc(/C=C2/C(=O)NC(=O)N(c3ccccc3F)C2=O)ccc1Cc1ccccc1F. The van der Waals surface area contributed by atoms with Crippen molar-refractivity contribution in [2.24, 2.45) is 0 Å². The van der Waals surface area contributed by atoms with Gasteiger partial charge in [-0.25, -0.2) is 18.5 Å². The number of anilines is 1. The Morgan fingerprint density at radius 3 is 2.32 bits per heavy atom. The minimum atomic E-state index is -1.03. The smallest absolute Gasteiger partial charge is 0.336 e. The van der Waals surface area contributed by atoms with Gasteiger partial charge in [-0.05, 0) is 54.0 Å². The average Bonchev–Trinajstić information content (AvgIpc) is 2.81. The molecule has 34 heavy (non-hydrogen) atoms. The molecule has 6 nitrogen and oxygen atoms in total. The van der Waals surface area contributed by atoms with Gasteiger partial charge in [0, 0.05) is 6.42 Å². The van der Waals surface area contributed by atoms with Crippen molar-refractivity contribution in [1.29, 1.82) is 0 Å². The number of barbiturate groups is 1. The van der Waals surface area contributed by atoms with E-state index in [0.29, 0.717) is 28.4 Å². The Morgan fingerprint density at radius 2 is 1.62 bits per heavy atom. The van der Waals surface area contributed by atoms with Crippen LogP contribution in [0.2, 0.25) is 0 Å². The van der Waals surface area contributed by atoms with E-state index in [1.165, 1.54) is 30.3 Å². The molecular formula is C26H20F2N2O4. The van der Waals surface area contributed by atoms with Crippen molar-refractivity contribution < 1.29 is 27.9 Å². The van der Waals surface area contributed by atoms with Crippen molar-refractivity contribution in [2.45, 2.75) is 13.3 Å². The van der Waals surface area contributed by atoms with E-state index in [-0.39, 0.29) is 23.5 Å². The summed E-state index contributed by atoms with van der Waals surface area (Å²) in [5.74, 6) is -2.50. The van der Waals surface area contributed by atoms with Crippen LogP contribution in [0.3, 0.4) is 0 Å². The number of carbonyl (C=O) groups is 3. The minimum absolute atomic E-state index is 0.265. The number of ether oxygens (including phenoxy) is 1. The summed E-state index contributed by atoms with van der Waals surface area (Å²) in [6.07, 6.45) is 1.58. The first-order chi connectivity index (χ1) is 16.4. The number of imide groups is 2. The molecule has 4 rings (SSSR count). The van der Waals surface area contributed by atoms with Crippen LogP contribution in [-0.2, 0) is 16.0 Å². The van der Waals surface area contributed by atoms with Gasteiger partial charge in [0.25, 0.3) is 11.8 Å². The molecule has 0 spiro atoms. The third kappa shape index (κ3) is 4.56. The average molecular weight is 462 g/mol. The van der Waals surface area contributed by atoms with Crippen molar-refractivity contribution in [3.63, 3.8) is 0 Å². The fourth-order valence-corrected chi connectivity index (χ4v) is 3.62. The molecule has 0 aliphatic carbocycles. The van der Waals surface area contributed by atoms with Crippen molar-refractivity contribution in [3.8, 4) is 5.75 Å². The Balaban J connectivity index is 1.69. The molecule has 1 saturated heterocycles. The first kappa shape index (κ1) is 22.8. The van der Waals surface area contributed by atoms with Crippen molar-refractivity contribution >= 4 is 29.6 Å². The van der Waals surface area contributed by atoms with Crippen LogP contribution < -0.4 is 15.0 Å². The van der Waals surface area contributed by atoms with E-state index in [0.717, 1.165) is 11.6 Å². The summed E-state index contributed by atoms with van der Waals surface area (Å²) >= 11 is 0. The quantitative estimate of drug-likeness (QED) is 0.429. The van der Waals surface area contributed by atoms with E-state index in [4.69, 9.17) is 4.74 Å². The summed E-state index contributed by atoms with van der Waals surface area (Å²) in [4.78, 5) is 38.3. The van der Waals surface area contributed by atoms with Crippen molar-refractivity contribution in [1.82, 2.24) is 5.32 Å². The normalized spacial score (nSPS) is 15.0. The minimum Gasteiger partial charge on any atom is -0.494 e. The largest absolute Gasteiger partial charge is 0.494 e. The zero-order valence-electron chi connectivity index (χ0n) is 18.2.